The van der Waals surface area contributed by atoms with E-state index in [2.05, 4.69) is 18.4 Å². The molecule has 2 aromatic carbocycles. The maximum atomic E-state index is 14.0. The predicted molar refractivity (Wildman–Crippen MR) is 89.6 cm³/mol. The van der Waals surface area contributed by atoms with E-state index in [0.29, 0.717) is 12.0 Å². The van der Waals surface area contributed by atoms with Gasteiger partial charge < -0.3 is 14.0 Å². The summed E-state index contributed by atoms with van der Waals surface area (Å²) in [5.74, 6) is 1.27. The van der Waals surface area contributed by atoms with Gasteiger partial charge in [0.2, 0.25) is 0 Å². The zero-order valence-corrected chi connectivity index (χ0v) is 13.5. The molecule has 3 rings (SSSR count). The summed E-state index contributed by atoms with van der Waals surface area (Å²) in [5, 5.41) is 0.630. The van der Waals surface area contributed by atoms with Crippen LogP contribution in [-0.4, -0.2) is 11.7 Å². The molecule has 0 N–H and O–H groups in total. The molecule has 0 aliphatic heterocycles. The van der Waals surface area contributed by atoms with Gasteiger partial charge in [0.05, 0.1) is 18.3 Å². The normalized spacial score (nSPS) is 11.2. The van der Waals surface area contributed by atoms with Crippen LogP contribution in [0.2, 0.25) is 0 Å². The Morgan fingerprint density at radius 1 is 1.04 bits per heavy atom. The minimum atomic E-state index is -0.204. The highest BCUT2D eigenvalue weighted by Gasteiger charge is 2.14. The van der Waals surface area contributed by atoms with Crippen molar-refractivity contribution in [2.75, 3.05) is 7.11 Å². The lowest BCUT2D eigenvalue weighted by Crippen LogP contribution is -2.08. The minimum Gasteiger partial charge on any atom is -0.497 e. The summed E-state index contributed by atoms with van der Waals surface area (Å²) >= 11 is 0. The molecule has 0 saturated heterocycles. The van der Waals surface area contributed by atoms with Gasteiger partial charge in [0.15, 0.2) is 0 Å². The van der Waals surface area contributed by atoms with Gasteiger partial charge in [0.25, 0.3) is 0 Å². The second-order valence-electron chi connectivity index (χ2n) is 5.74. The van der Waals surface area contributed by atoms with E-state index in [1.807, 2.05) is 36.4 Å². The molecular weight excluding hydrogens is 293 g/mol. The Morgan fingerprint density at radius 3 is 2.52 bits per heavy atom. The van der Waals surface area contributed by atoms with Gasteiger partial charge in [-0.3, -0.25) is 0 Å². The summed E-state index contributed by atoms with van der Waals surface area (Å²) in [4.78, 5) is 0. The first-order chi connectivity index (χ1) is 11.1. The molecule has 0 atom stereocenters. The molecule has 120 valence electrons. The summed E-state index contributed by atoms with van der Waals surface area (Å²) in [5.41, 5.74) is 1.84. The number of halogens is 1. The Balaban J connectivity index is 1.93. The second kappa shape index (κ2) is 6.32. The first-order valence-electron chi connectivity index (χ1n) is 7.65. The van der Waals surface area contributed by atoms with Gasteiger partial charge in [-0.05, 0) is 44.2 Å². The molecule has 23 heavy (non-hydrogen) atoms. The Hall–Kier alpha value is -2.49. The summed E-state index contributed by atoms with van der Waals surface area (Å²) in [6, 6.07) is 14.7. The van der Waals surface area contributed by atoms with E-state index >= 15 is 0 Å². The van der Waals surface area contributed by atoms with E-state index in [1.54, 1.807) is 13.2 Å². The molecule has 0 bridgehead atoms. The maximum absolute atomic E-state index is 14.0. The molecule has 1 aromatic heterocycles. The number of aromatic nitrogens is 1. The van der Waals surface area contributed by atoms with Crippen molar-refractivity contribution < 1.29 is 13.9 Å². The first kappa shape index (κ1) is 15.4. The van der Waals surface area contributed by atoms with Crippen molar-refractivity contribution in [2.45, 2.75) is 26.5 Å². The van der Waals surface area contributed by atoms with Gasteiger partial charge in [0, 0.05) is 17.5 Å². The van der Waals surface area contributed by atoms with Crippen LogP contribution in [0.25, 0.3) is 10.9 Å². The van der Waals surface area contributed by atoms with Crippen LogP contribution in [0, 0.1) is 5.82 Å². The average Bonchev–Trinajstić information content (AvgIpc) is 2.93. The van der Waals surface area contributed by atoms with E-state index in [9.17, 15) is 4.39 Å². The molecule has 0 fully saturated rings. The lowest BCUT2D eigenvalue weighted by atomic mass is 10.2. The monoisotopic (exact) mass is 313 g/mol. The number of hydrogen-bond donors (Lipinski definition) is 0. The van der Waals surface area contributed by atoms with Crippen LogP contribution >= 0.6 is 0 Å². The van der Waals surface area contributed by atoms with Crippen LogP contribution in [0.15, 0.2) is 48.5 Å². The number of fused-ring (bicyclic) bond motifs is 1. The van der Waals surface area contributed by atoms with Crippen molar-refractivity contribution in [3.05, 3.63) is 60.0 Å². The standard InChI is InChI=1S/C19H20FNO2/c1-13(2)21-14(10-17-18(20)8-5-9-19(17)21)12-23-16-7-4-6-15(11-16)22-3/h4-11,13H,12H2,1-3H3. The average molecular weight is 313 g/mol. The Labute approximate surface area is 135 Å². The molecule has 0 spiro atoms. The summed E-state index contributed by atoms with van der Waals surface area (Å²) in [6.45, 7) is 4.54. The van der Waals surface area contributed by atoms with Crippen molar-refractivity contribution in [1.29, 1.82) is 0 Å². The highest BCUT2D eigenvalue weighted by atomic mass is 19.1. The fourth-order valence-corrected chi connectivity index (χ4v) is 2.84. The van der Waals surface area contributed by atoms with Gasteiger partial charge in [-0.2, -0.15) is 0 Å². The van der Waals surface area contributed by atoms with Crippen LogP contribution < -0.4 is 9.47 Å². The predicted octanol–water partition coefficient (Wildman–Crippen LogP) is 4.95. The molecule has 0 aliphatic carbocycles. The number of hydrogen-bond acceptors (Lipinski definition) is 2. The van der Waals surface area contributed by atoms with Crippen molar-refractivity contribution in [3.63, 3.8) is 0 Å². The molecule has 3 nitrogen and oxygen atoms in total. The van der Waals surface area contributed by atoms with E-state index in [1.165, 1.54) is 6.07 Å². The molecule has 3 aromatic rings. The van der Waals surface area contributed by atoms with Gasteiger partial charge in [-0.15, -0.1) is 0 Å². The topological polar surface area (TPSA) is 23.4 Å². The fourth-order valence-electron chi connectivity index (χ4n) is 2.84. The maximum Gasteiger partial charge on any atom is 0.132 e. The SMILES string of the molecule is COc1cccc(OCc2cc3c(F)cccc3n2C(C)C)c1. The van der Waals surface area contributed by atoms with Gasteiger partial charge in [-0.25, -0.2) is 4.39 Å². The molecule has 0 saturated carbocycles. The van der Waals surface area contributed by atoms with Crippen LogP contribution in [-0.2, 0) is 6.61 Å². The van der Waals surface area contributed by atoms with Crippen LogP contribution in [0.3, 0.4) is 0 Å². The highest BCUT2D eigenvalue weighted by Crippen LogP contribution is 2.27. The van der Waals surface area contributed by atoms with Crippen molar-refractivity contribution in [3.8, 4) is 11.5 Å². The molecule has 1 heterocycles. The third-order valence-corrected chi connectivity index (χ3v) is 3.85. The largest absolute Gasteiger partial charge is 0.497 e. The van der Waals surface area contributed by atoms with Crippen molar-refractivity contribution in [1.82, 2.24) is 4.57 Å². The Morgan fingerprint density at radius 2 is 1.78 bits per heavy atom. The molecule has 0 aliphatic rings. The lowest BCUT2D eigenvalue weighted by Gasteiger charge is -2.15. The summed E-state index contributed by atoms with van der Waals surface area (Å²) < 4.78 is 27.2. The van der Waals surface area contributed by atoms with E-state index in [-0.39, 0.29) is 11.9 Å². The third-order valence-electron chi connectivity index (χ3n) is 3.85. The first-order valence-corrected chi connectivity index (χ1v) is 7.65. The van der Waals surface area contributed by atoms with E-state index in [0.717, 1.165) is 22.7 Å². The lowest BCUT2D eigenvalue weighted by molar-refractivity contribution is 0.291. The smallest absolute Gasteiger partial charge is 0.132 e. The number of ether oxygens (including phenoxy) is 2. The number of methoxy groups -OCH3 is 1. The highest BCUT2D eigenvalue weighted by molar-refractivity contribution is 5.82. The van der Waals surface area contributed by atoms with Crippen LogP contribution in [0.1, 0.15) is 25.6 Å². The molecular formula is C19H20FNO2. The number of benzene rings is 2. The second-order valence-corrected chi connectivity index (χ2v) is 5.74. The molecule has 4 heteroatoms. The number of rotatable bonds is 5. The molecule has 0 radical (unpaired) electrons. The zero-order valence-electron chi connectivity index (χ0n) is 13.5. The van der Waals surface area contributed by atoms with Crippen molar-refractivity contribution in [2.24, 2.45) is 0 Å². The van der Waals surface area contributed by atoms with E-state index < -0.39 is 0 Å². The summed E-state index contributed by atoms with van der Waals surface area (Å²) in [7, 11) is 1.62. The van der Waals surface area contributed by atoms with Crippen molar-refractivity contribution >= 4 is 10.9 Å². The fraction of sp³-hybridized carbons (Fsp3) is 0.263. The third kappa shape index (κ3) is 3.02. The molecule has 0 amide bonds. The van der Waals surface area contributed by atoms with Crippen LogP contribution in [0.5, 0.6) is 11.5 Å². The quantitative estimate of drug-likeness (QED) is 0.665. The van der Waals surface area contributed by atoms with Gasteiger partial charge >= 0.3 is 0 Å². The molecule has 0 unspecified atom stereocenters. The Kier molecular flexibility index (Phi) is 4.24. The van der Waals surface area contributed by atoms with Gasteiger partial charge in [0.1, 0.15) is 23.9 Å². The minimum absolute atomic E-state index is 0.204. The van der Waals surface area contributed by atoms with Gasteiger partial charge in [-0.1, -0.05) is 12.1 Å². The van der Waals surface area contributed by atoms with Crippen LogP contribution in [0.4, 0.5) is 4.39 Å². The zero-order chi connectivity index (χ0) is 16.4. The Bertz CT molecular complexity index is 823. The summed E-state index contributed by atoms with van der Waals surface area (Å²) in [6.07, 6.45) is 0. The van der Waals surface area contributed by atoms with E-state index in [4.69, 9.17) is 9.47 Å². The number of nitrogens with zero attached hydrogens (tertiary/aromatic N) is 1.